The van der Waals surface area contributed by atoms with Crippen LogP contribution in [0.15, 0.2) is 0 Å². The first-order chi connectivity index (χ1) is 7.78. The first kappa shape index (κ1) is 12.1. The fraction of sp³-hybridized carbons (Fsp3) is 0.923. The van der Waals surface area contributed by atoms with Gasteiger partial charge >= 0.3 is 0 Å². The lowest BCUT2D eigenvalue weighted by Gasteiger charge is -2.33. The Morgan fingerprint density at radius 3 is 2.75 bits per heavy atom. The number of nitrogens with one attached hydrogen (secondary N) is 1. The molecule has 0 radical (unpaired) electrons. The van der Waals surface area contributed by atoms with Crippen molar-refractivity contribution in [2.75, 3.05) is 19.8 Å². The molecule has 2 fully saturated rings. The number of hydrogen-bond acceptors (Lipinski definition) is 3. The van der Waals surface area contributed by atoms with E-state index in [9.17, 15) is 4.79 Å². The third-order valence-electron chi connectivity index (χ3n) is 3.98. The monoisotopic (exact) mass is 225 g/mol. The summed E-state index contributed by atoms with van der Waals surface area (Å²) in [5.41, 5.74) is -0.184. The van der Waals surface area contributed by atoms with Crippen LogP contribution in [0.2, 0.25) is 0 Å². The van der Waals surface area contributed by atoms with Gasteiger partial charge in [0, 0.05) is 19.1 Å². The van der Waals surface area contributed by atoms with Gasteiger partial charge in [0.2, 0.25) is 0 Å². The summed E-state index contributed by atoms with van der Waals surface area (Å²) in [4.78, 5) is 12.6. The fourth-order valence-electron chi connectivity index (χ4n) is 3.13. The Hall–Kier alpha value is -0.410. The van der Waals surface area contributed by atoms with Crippen molar-refractivity contribution < 1.29 is 9.53 Å². The fourth-order valence-corrected chi connectivity index (χ4v) is 3.13. The number of Topliss-reactive ketones (excluding diaryl/α,β-unsaturated/α-hetero) is 1. The van der Waals surface area contributed by atoms with Crippen molar-refractivity contribution in [1.82, 2.24) is 5.32 Å². The van der Waals surface area contributed by atoms with Crippen LogP contribution in [0.5, 0.6) is 0 Å². The largest absolute Gasteiger partial charge is 0.381 e. The molecule has 3 heteroatoms. The van der Waals surface area contributed by atoms with Crippen LogP contribution in [0.4, 0.5) is 0 Å². The molecule has 1 N–H and O–H groups in total. The topological polar surface area (TPSA) is 38.3 Å². The number of ketones is 1. The number of rotatable bonds is 4. The van der Waals surface area contributed by atoms with Crippen molar-refractivity contribution >= 4 is 5.78 Å². The van der Waals surface area contributed by atoms with Gasteiger partial charge < -0.3 is 10.1 Å². The molecule has 1 unspecified atom stereocenters. The maximum atomic E-state index is 12.6. The smallest absolute Gasteiger partial charge is 0.156 e. The molecule has 0 spiro atoms. The molecule has 0 amide bonds. The van der Waals surface area contributed by atoms with Gasteiger partial charge in [0.15, 0.2) is 5.78 Å². The maximum absolute atomic E-state index is 12.6. The van der Waals surface area contributed by atoms with E-state index in [4.69, 9.17) is 4.74 Å². The van der Waals surface area contributed by atoms with E-state index in [1.54, 1.807) is 0 Å². The average molecular weight is 225 g/mol. The molecular weight excluding hydrogens is 202 g/mol. The van der Waals surface area contributed by atoms with Crippen molar-refractivity contribution in [1.29, 1.82) is 0 Å². The minimum absolute atomic E-state index is 0.184. The highest BCUT2D eigenvalue weighted by molar-refractivity contribution is 5.90. The minimum atomic E-state index is -0.184. The molecule has 0 bridgehead atoms. The normalized spacial score (nSPS) is 31.8. The predicted octanol–water partition coefficient (Wildman–Crippen LogP) is 1.90. The second-order valence-electron chi connectivity index (χ2n) is 5.11. The molecule has 2 rings (SSSR count). The van der Waals surface area contributed by atoms with Crippen LogP contribution in [0, 0.1) is 5.92 Å². The van der Waals surface area contributed by atoms with Crippen LogP contribution in [-0.4, -0.2) is 31.1 Å². The molecular formula is C13H23NO2. The standard InChI is InChI=1S/C13H23NO2/c1-2-6-13(7-3-8-14-13)12(15)11-4-9-16-10-5-11/h11,14H,2-10H2,1H3. The summed E-state index contributed by atoms with van der Waals surface area (Å²) >= 11 is 0. The summed E-state index contributed by atoms with van der Waals surface area (Å²) in [5, 5.41) is 3.48. The highest BCUT2D eigenvalue weighted by Crippen LogP contribution is 2.31. The zero-order valence-corrected chi connectivity index (χ0v) is 10.3. The maximum Gasteiger partial charge on any atom is 0.156 e. The van der Waals surface area contributed by atoms with Gasteiger partial charge in [-0.05, 0) is 38.6 Å². The summed E-state index contributed by atoms with van der Waals surface area (Å²) in [7, 11) is 0. The molecule has 2 saturated heterocycles. The van der Waals surface area contributed by atoms with Gasteiger partial charge in [-0.1, -0.05) is 13.3 Å². The van der Waals surface area contributed by atoms with E-state index in [1.807, 2.05) is 0 Å². The van der Waals surface area contributed by atoms with Crippen LogP contribution in [0.3, 0.4) is 0 Å². The molecule has 92 valence electrons. The second kappa shape index (κ2) is 5.28. The third kappa shape index (κ3) is 2.30. The van der Waals surface area contributed by atoms with Crippen LogP contribution in [-0.2, 0) is 9.53 Å². The average Bonchev–Trinajstić information content (AvgIpc) is 2.80. The summed E-state index contributed by atoms with van der Waals surface area (Å²) < 4.78 is 5.33. The molecule has 0 aliphatic carbocycles. The summed E-state index contributed by atoms with van der Waals surface area (Å²) in [6, 6.07) is 0. The highest BCUT2D eigenvalue weighted by Gasteiger charge is 2.43. The van der Waals surface area contributed by atoms with Crippen molar-refractivity contribution in [3.63, 3.8) is 0 Å². The highest BCUT2D eigenvalue weighted by atomic mass is 16.5. The van der Waals surface area contributed by atoms with Gasteiger partial charge in [-0.2, -0.15) is 0 Å². The lowest BCUT2D eigenvalue weighted by atomic mass is 9.78. The Labute approximate surface area is 97.9 Å². The molecule has 0 aromatic heterocycles. The van der Waals surface area contributed by atoms with Gasteiger partial charge in [0.25, 0.3) is 0 Å². The van der Waals surface area contributed by atoms with E-state index in [2.05, 4.69) is 12.2 Å². The molecule has 0 saturated carbocycles. The first-order valence-corrected chi connectivity index (χ1v) is 6.65. The molecule has 0 aromatic carbocycles. The van der Waals surface area contributed by atoms with E-state index in [1.165, 1.54) is 0 Å². The Kier molecular flexibility index (Phi) is 3.98. The van der Waals surface area contributed by atoms with Crippen molar-refractivity contribution in [2.24, 2.45) is 5.92 Å². The predicted molar refractivity (Wildman–Crippen MR) is 63.4 cm³/mol. The van der Waals surface area contributed by atoms with E-state index < -0.39 is 0 Å². The van der Waals surface area contributed by atoms with E-state index >= 15 is 0 Å². The quantitative estimate of drug-likeness (QED) is 0.794. The number of ether oxygens (including phenoxy) is 1. The summed E-state index contributed by atoms with van der Waals surface area (Å²) in [6.07, 6.45) is 6.12. The van der Waals surface area contributed by atoms with E-state index in [0.29, 0.717) is 5.78 Å². The Bertz CT molecular complexity index is 240. The molecule has 2 aliphatic rings. The van der Waals surface area contributed by atoms with E-state index in [-0.39, 0.29) is 11.5 Å². The van der Waals surface area contributed by atoms with Crippen LogP contribution < -0.4 is 5.32 Å². The molecule has 0 aromatic rings. The molecule has 16 heavy (non-hydrogen) atoms. The van der Waals surface area contributed by atoms with Crippen LogP contribution in [0.25, 0.3) is 0 Å². The minimum Gasteiger partial charge on any atom is -0.381 e. The zero-order valence-electron chi connectivity index (χ0n) is 10.3. The van der Waals surface area contributed by atoms with Gasteiger partial charge in [-0.25, -0.2) is 0 Å². The Morgan fingerprint density at radius 2 is 2.19 bits per heavy atom. The second-order valence-corrected chi connectivity index (χ2v) is 5.11. The Morgan fingerprint density at radius 1 is 1.44 bits per heavy atom. The van der Waals surface area contributed by atoms with Gasteiger partial charge in [-0.3, -0.25) is 4.79 Å². The van der Waals surface area contributed by atoms with Crippen LogP contribution >= 0.6 is 0 Å². The SMILES string of the molecule is CCCC1(C(=O)C2CCOCC2)CCCN1. The van der Waals surface area contributed by atoms with E-state index in [0.717, 1.165) is 58.3 Å². The van der Waals surface area contributed by atoms with Crippen molar-refractivity contribution in [3.8, 4) is 0 Å². The van der Waals surface area contributed by atoms with Crippen LogP contribution in [0.1, 0.15) is 45.4 Å². The number of carbonyl (C=O) groups is 1. The molecule has 3 nitrogen and oxygen atoms in total. The molecule has 1 atom stereocenters. The summed E-state index contributed by atoms with van der Waals surface area (Å²) in [6.45, 7) is 4.70. The summed E-state index contributed by atoms with van der Waals surface area (Å²) in [5.74, 6) is 0.709. The van der Waals surface area contributed by atoms with Gasteiger partial charge in [0.1, 0.15) is 0 Å². The molecule has 2 heterocycles. The first-order valence-electron chi connectivity index (χ1n) is 6.65. The number of carbonyl (C=O) groups excluding carboxylic acids is 1. The van der Waals surface area contributed by atoms with Crippen molar-refractivity contribution in [3.05, 3.63) is 0 Å². The number of hydrogen-bond donors (Lipinski definition) is 1. The Balaban J connectivity index is 2.04. The lowest BCUT2D eigenvalue weighted by molar-refractivity contribution is -0.132. The van der Waals surface area contributed by atoms with Crippen molar-refractivity contribution in [2.45, 2.75) is 51.0 Å². The lowest BCUT2D eigenvalue weighted by Crippen LogP contribution is -2.51. The zero-order chi connectivity index (χ0) is 11.4. The molecule has 2 aliphatic heterocycles. The van der Waals surface area contributed by atoms with Gasteiger partial charge in [0.05, 0.1) is 5.54 Å². The van der Waals surface area contributed by atoms with Gasteiger partial charge in [-0.15, -0.1) is 0 Å². The third-order valence-corrected chi connectivity index (χ3v) is 3.98.